The van der Waals surface area contributed by atoms with E-state index < -0.39 is 11.1 Å². The molecule has 8 nitrogen and oxygen atoms in total. The molecule has 2 aliphatic heterocycles. The maximum atomic E-state index is 13.3. The van der Waals surface area contributed by atoms with E-state index in [1.54, 1.807) is 12.4 Å². The van der Waals surface area contributed by atoms with Gasteiger partial charge in [0.05, 0.1) is 6.04 Å². The van der Waals surface area contributed by atoms with Crippen LogP contribution in [0.15, 0.2) is 48.8 Å². The molecular formula is C34H41N5O3. The number of carbonyl (C=O) groups excluding carboxylic acids is 1. The topological polar surface area (TPSA) is 94.9 Å². The van der Waals surface area contributed by atoms with E-state index in [2.05, 4.69) is 39.1 Å². The Bertz CT molecular complexity index is 1500. The van der Waals surface area contributed by atoms with Gasteiger partial charge in [0.25, 0.3) is 5.54 Å². The minimum absolute atomic E-state index is 0.0579. The van der Waals surface area contributed by atoms with Crippen LogP contribution < -0.4 is 5.73 Å². The largest absolute Gasteiger partial charge is 0.444 e. The summed E-state index contributed by atoms with van der Waals surface area (Å²) in [5.41, 5.74) is 11.8. The van der Waals surface area contributed by atoms with Gasteiger partial charge in [-0.05, 0) is 98.9 Å². The number of anilines is 1. The predicted octanol–water partition coefficient (Wildman–Crippen LogP) is 7.51. The number of carbonyl (C=O) groups is 1. The molecule has 5 rings (SSSR count). The Morgan fingerprint density at radius 3 is 2.48 bits per heavy atom. The average molecular weight is 568 g/mol. The second-order valence-electron chi connectivity index (χ2n) is 12.8. The standard InChI is InChI=1S/C34H41N5O3/c1-33(2,3)42-32(40)39-15-7-8-29(39)28-18-23(9-10-26(28)22-12-16-41-17-13-22)25-19-27(31(35)38-21-25)24-11-14-37-30(20-24)34(4,5)36-6/h9-11,14,18-22,29H,7-8,12-13,15-17H2,1-5H3,(H2,35,38)/t29-/m0/s1. The third-order valence-corrected chi connectivity index (χ3v) is 8.22. The van der Waals surface area contributed by atoms with Gasteiger partial charge in [0.15, 0.2) is 0 Å². The van der Waals surface area contributed by atoms with Crippen molar-refractivity contribution in [1.29, 1.82) is 0 Å². The number of ether oxygens (including phenoxy) is 2. The zero-order valence-electron chi connectivity index (χ0n) is 25.3. The second-order valence-corrected chi connectivity index (χ2v) is 12.8. The smallest absolute Gasteiger partial charge is 0.410 e. The van der Waals surface area contributed by atoms with Crippen molar-refractivity contribution in [1.82, 2.24) is 14.9 Å². The first kappa shape index (κ1) is 29.5. The van der Waals surface area contributed by atoms with Gasteiger partial charge in [-0.2, -0.15) is 0 Å². The lowest BCUT2D eigenvalue weighted by molar-refractivity contribution is 0.0222. The van der Waals surface area contributed by atoms with Crippen LogP contribution in [0.4, 0.5) is 10.6 Å². The van der Waals surface area contributed by atoms with E-state index in [0.29, 0.717) is 24.0 Å². The summed E-state index contributed by atoms with van der Waals surface area (Å²) in [5, 5.41) is 0. The summed E-state index contributed by atoms with van der Waals surface area (Å²) in [6.07, 6.45) is 7.00. The Kier molecular flexibility index (Phi) is 8.25. The molecule has 8 heteroatoms. The molecule has 2 fully saturated rings. The van der Waals surface area contributed by atoms with Crippen molar-refractivity contribution in [2.45, 2.75) is 83.4 Å². The normalized spacial score (nSPS) is 18.1. The zero-order chi connectivity index (χ0) is 30.1. The van der Waals surface area contributed by atoms with Gasteiger partial charge in [0.2, 0.25) is 0 Å². The van der Waals surface area contributed by atoms with Crippen molar-refractivity contribution in [2.75, 3.05) is 25.5 Å². The molecule has 1 amide bonds. The number of benzene rings is 1. The number of nitrogen functional groups attached to an aromatic ring is 1. The Morgan fingerprint density at radius 1 is 1.00 bits per heavy atom. The maximum Gasteiger partial charge on any atom is 0.410 e. The van der Waals surface area contributed by atoms with Crippen molar-refractivity contribution in [2.24, 2.45) is 0 Å². The fourth-order valence-corrected chi connectivity index (χ4v) is 5.91. The number of nitrogens with zero attached hydrogens (tertiary/aromatic N) is 4. The van der Waals surface area contributed by atoms with Gasteiger partial charge in [-0.1, -0.05) is 12.1 Å². The van der Waals surface area contributed by atoms with Crippen LogP contribution in [-0.2, 0) is 15.0 Å². The highest BCUT2D eigenvalue weighted by Gasteiger charge is 2.36. The number of likely N-dealkylation sites (tertiary alicyclic amines) is 1. The number of amides is 1. The van der Waals surface area contributed by atoms with Crippen molar-refractivity contribution in [3.05, 3.63) is 77.0 Å². The van der Waals surface area contributed by atoms with Crippen LogP contribution in [0.25, 0.3) is 27.1 Å². The van der Waals surface area contributed by atoms with Gasteiger partial charge in [-0.15, -0.1) is 0 Å². The monoisotopic (exact) mass is 567 g/mol. The van der Waals surface area contributed by atoms with Crippen LogP contribution in [0.5, 0.6) is 0 Å². The fraction of sp³-hybridized carbons (Fsp3) is 0.471. The zero-order valence-corrected chi connectivity index (χ0v) is 25.3. The van der Waals surface area contributed by atoms with E-state index in [1.165, 1.54) is 11.1 Å². The Hall–Kier alpha value is -3.96. The number of nitrogens with two attached hydrogens (primary N) is 1. The highest BCUT2D eigenvalue weighted by atomic mass is 16.6. The molecule has 42 heavy (non-hydrogen) atoms. The lowest BCUT2D eigenvalue weighted by Crippen LogP contribution is -2.36. The van der Waals surface area contributed by atoms with E-state index in [4.69, 9.17) is 21.8 Å². The first-order valence-corrected chi connectivity index (χ1v) is 14.8. The van der Waals surface area contributed by atoms with E-state index in [9.17, 15) is 4.79 Å². The van der Waals surface area contributed by atoms with E-state index in [1.807, 2.05) is 51.7 Å². The minimum Gasteiger partial charge on any atom is -0.444 e. The molecule has 0 aliphatic carbocycles. The van der Waals surface area contributed by atoms with Crippen molar-refractivity contribution in [3.63, 3.8) is 0 Å². The lowest BCUT2D eigenvalue weighted by Gasteiger charge is -2.32. The van der Waals surface area contributed by atoms with Gasteiger partial charge in [0.1, 0.15) is 17.1 Å². The number of hydrogen-bond acceptors (Lipinski definition) is 6. The van der Waals surface area contributed by atoms with E-state index in [-0.39, 0.29) is 12.1 Å². The van der Waals surface area contributed by atoms with Crippen LogP contribution in [0.1, 0.15) is 89.1 Å². The van der Waals surface area contributed by atoms with Gasteiger partial charge in [0, 0.05) is 57.1 Å². The van der Waals surface area contributed by atoms with Crippen molar-refractivity contribution in [3.8, 4) is 22.3 Å². The summed E-state index contributed by atoms with van der Waals surface area (Å²) >= 11 is 0. The molecule has 0 spiro atoms. The summed E-state index contributed by atoms with van der Waals surface area (Å²) in [6, 6.07) is 12.4. The molecule has 1 aromatic carbocycles. The number of rotatable bonds is 5. The summed E-state index contributed by atoms with van der Waals surface area (Å²) < 4.78 is 11.5. The molecule has 0 saturated carbocycles. The lowest BCUT2D eigenvalue weighted by atomic mass is 9.83. The Labute approximate surface area is 249 Å². The van der Waals surface area contributed by atoms with Gasteiger partial charge >= 0.3 is 6.09 Å². The van der Waals surface area contributed by atoms with Gasteiger partial charge < -0.3 is 25.0 Å². The molecule has 2 saturated heterocycles. The molecule has 0 unspecified atom stereocenters. The number of aromatic nitrogens is 2. The Morgan fingerprint density at radius 2 is 1.76 bits per heavy atom. The minimum atomic E-state index is -0.744. The van der Waals surface area contributed by atoms with Crippen molar-refractivity contribution < 1.29 is 14.3 Å². The van der Waals surface area contributed by atoms with E-state index >= 15 is 0 Å². The molecule has 1 atom stereocenters. The molecule has 0 bridgehead atoms. The number of hydrogen-bond donors (Lipinski definition) is 1. The highest BCUT2D eigenvalue weighted by molar-refractivity contribution is 5.80. The third kappa shape index (κ3) is 6.27. The fourth-order valence-electron chi connectivity index (χ4n) is 5.91. The van der Waals surface area contributed by atoms with E-state index in [0.717, 1.165) is 61.2 Å². The molecule has 0 radical (unpaired) electrons. The quantitative estimate of drug-likeness (QED) is 0.321. The maximum absolute atomic E-state index is 13.3. The average Bonchev–Trinajstić information content (AvgIpc) is 3.47. The van der Waals surface area contributed by atoms with Crippen LogP contribution >= 0.6 is 0 Å². The summed E-state index contributed by atoms with van der Waals surface area (Å²) in [7, 11) is 0. The van der Waals surface area contributed by atoms with Crippen LogP contribution in [0, 0.1) is 6.57 Å². The number of pyridine rings is 2. The molecule has 2 N–H and O–H groups in total. The molecular weight excluding hydrogens is 526 g/mol. The van der Waals surface area contributed by atoms with Crippen LogP contribution in [0.3, 0.4) is 0 Å². The van der Waals surface area contributed by atoms with Gasteiger partial charge in [-0.25, -0.2) is 16.4 Å². The highest BCUT2D eigenvalue weighted by Crippen LogP contribution is 2.42. The Balaban J connectivity index is 1.56. The van der Waals surface area contributed by atoms with Gasteiger partial charge in [-0.3, -0.25) is 4.98 Å². The first-order chi connectivity index (χ1) is 20.0. The second kappa shape index (κ2) is 11.7. The molecule has 3 aromatic rings. The van der Waals surface area contributed by atoms with Crippen LogP contribution in [-0.4, -0.2) is 46.3 Å². The van der Waals surface area contributed by atoms with Crippen LogP contribution in [0.2, 0.25) is 0 Å². The summed E-state index contributed by atoms with van der Waals surface area (Å²) in [4.78, 5) is 27.9. The SMILES string of the molecule is [C-]#[N+]C(C)(C)c1cc(-c2cc(-c3ccc(C4CCOCC4)c([C@@H]4CCCN4C(=O)OC(C)(C)C)c3)cnc2N)ccn1. The third-order valence-electron chi connectivity index (χ3n) is 8.22. The predicted molar refractivity (Wildman–Crippen MR) is 165 cm³/mol. The molecule has 2 aliphatic rings. The summed E-state index contributed by atoms with van der Waals surface area (Å²) in [6.45, 7) is 19.2. The summed E-state index contributed by atoms with van der Waals surface area (Å²) in [5.74, 6) is 0.799. The molecule has 2 aromatic heterocycles. The van der Waals surface area contributed by atoms with Crippen molar-refractivity contribution >= 4 is 11.9 Å². The molecule has 220 valence electrons. The first-order valence-electron chi connectivity index (χ1n) is 14.8. The molecule has 4 heterocycles.